The predicted molar refractivity (Wildman–Crippen MR) is 67.1 cm³/mol. The van der Waals surface area contributed by atoms with Crippen LogP contribution in [0.5, 0.6) is 11.5 Å². The van der Waals surface area contributed by atoms with Crippen molar-refractivity contribution in [2.24, 2.45) is 5.73 Å². The van der Waals surface area contributed by atoms with Crippen LogP contribution in [0.1, 0.15) is 30.0 Å². The summed E-state index contributed by atoms with van der Waals surface area (Å²) in [4.78, 5) is 0. The summed E-state index contributed by atoms with van der Waals surface area (Å²) in [6.07, 6.45) is 3.18. The molecule has 0 bridgehead atoms. The molecule has 16 heavy (non-hydrogen) atoms. The highest BCUT2D eigenvalue weighted by atomic mass is 79.9. The minimum atomic E-state index is 0.0464. The third kappa shape index (κ3) is 1.80. The van der Waals surface area contributed by atoms with E-state index in [4.69, 9.17) is 15.2 Å². The molecule has 0 aromatic heterocycles. The molecule has 0 radical (unpaired) electrons. The highest BCUT2D eigenvalue weighted by Crippen LogP contribution is 2.44. The van der Waals surface area contributed by atoms with E-state index in [0.717, 1.165) is 40.8 Å². The van der Waals surface area contributed by atoms with Gasteiger partial charge in [-0.15, -0.1) is 0 Å². The first-order valence-corrected chi connectivity index (χ1v) is 6.17. The molecule has 0 aliphatic heterocycles. The lowest BCUT2D eigenvalue weighted by atomic mass is 9.87. The number of methoxy groups -OCH3 is 2. The SMILES string of the molecule is COc1cc(Br)c2c(c1OC)[C@@H](N)CCC2. The fourth-order valence-electron chi connectivity index (χ4n) is 2.32. The monoisotopic (exact) mass is 285 g/mol. The second-order valence-corrected chi connectivity index (χ2v) is 4.84. The zero-order valence-corrected chi connectivity index (χ0v) is 11.1. The number of halogens is 1. The van der Waals surface area contributed by atoms with Crippen LogP contribution in [0.25, 0.3) is 0 Å². The van der Waals surface area contributed by atoms with Gasteiger partial charge in [-0.2, -0.15) is 0 Å². The van der Waals surface area contributed by atoms with Gasteiger partial charge >= 0.3 is 0 Å². The Kier molecular flexibility index (Phi) is 3.40. The number of ether oxygens (including phenoxy) is 2. The maximum Gasteiger partial charge on any atom is 0.165 e. The summed E-state index contributed by atoms with van der Waals surface area (Å²) < 4.78 is 11.8. The highest BCUT2D eigenvalue weighted by molar-refractivity contribution is 9.10. The van der Waals surface area contributed by atoms with Crippen molar-refractivity contribution >= 4 is 15.9 Å². The van der Waals surface area contributed by atoms with Crippen molar-refractivity contribution in [1.82, 2.24) is 0 Å². The molecule has 88 valence electrons. The molecule has 0 amide bonds. The molecule has 1 aromatic rings. The largest absolute Gasteiger partial charge is 0.493 e. The van der Waals surface area contributed by atoms with E-state index >= 15 is 0 Å². The van der Waals surface area contributed by atoms with E-state index in [1.54, 1.807) is 14.2 Å². The van der Waals surface area contributed by atoms with Crippen molar-refractivity contribution in [3.63, 3.8) is 0 Å². The van der Waals surface area contributed by atoms with E-state index in [2.05, 4.69) is 15.9 Å². The molecule has 0 heterocycles. The smallest absolute Gasteiger partial charge is 0.165 e. The second kappa shape index (κ2) is 4.63. The molecule has 0 unspecified atom stereocenters. The summed E-state index contributed by atoms with van der Waals surface area (Å²) >= 11 is 3.57. The first kappa shape index (κ1) is 11.7. The third-order valence-electron chi connectivity index (χ3n) is 3.08. The molecule has 4 heteroatoms. The lowest BCUT2D eigenvalue weighted by molar-refractivity contribution is 0.345. The summed E-state index contributed by atoms with van der Waals surface area (Å²) in [7, 11) is 3.30. The molecule has 0 saturated carbocycles. The predicted octanol–water partition coefficient (Wildman–Crippen LogP) is 2.80. The quantitative estimate of drug-likeness (QED) is 0.909. The van der Waals surface area contributed by atoms with Gasteiger partial charge in [0.2, 0.25) is 0 Å². The Morgan fingerprint density at radius 3 is 2.75 bits per heavy atom. The van der Waals surface area contributed by atoms with Crippen molar-refractivity contribution in [3.8, 4) is 11.5 Å². The van der Waals surface area contributed by atoms with Gasteiger partial charge in [0.15, 0.2) is 11.5 Å². The standard InChI is InChI=1S/C12H16BrNO2/c1-15-10-6-8(13)7-4-3-5-9(14)11(7)12(10)16-2/h6,9H,3-5,14H2,1-2H3/t9-/m0/s1. The Morgan fingerprint density at radius 2 is 2.12 bits per heavy atom. The zero-order chi connectivity index (χ0) is 11.7. The van der Waals surface area contributed by atoms with Crippen LogP contribution in [-0.2, 0) is 6.42 Å². The van der Waals surface area contributed by atoms with Crippen LogP contribution in [0.3, 0.4) is 0 Å². The summed E-state index contributed by atoms with van der Waals surface area (Å²) in [6, 6.07) is 2.00. The maximum atomic E-state index is 6.16. The zero-order valence-electron chi connectivity index (χ0n) is 9.55. The van der Waals surface area contributed by atoms with Crippen molar-refractivity contribution in [2.45, 2.75) is 25.3 Å². The molecule has 0 fully saturated rings. The number of hydrogen-bond acceptors (Lipinski definition) is 3. The van der Waals surface area contributed by atoms with Gasteiger partial charge in [-0.3, -0.25) is 0 Å². The number of fused-ring (bicyclic) bond motifs is 1. The lowest BCUT2D eigenvalue weighted by Crippen LogP contribution is -2.19. The van der Waals surface area contributed by atoms with Gasteiger partial charge in [-0.25, -0.2) is 0 Å². The molecule has 1 aliphatic carbocycles. The molecule has 0 spiro atoms. The molecule has 1 atom stereocenters. The van der Waals surface area contributed by atoms with Crippen LogP contribution >= 0.6 is 15.9 Å². The van der Waals surface area contributed by atoms with E-state index in [9.17, 15) is 0 Å². The first-order chi connectivity index (χ1) is 7.69. The van der Waals surface area contributed by atoms with E-state index in [1.165, 1.54) is 5.56 Å². The van der Waals surface area contributed by atoms with E-state index in [1.807, 2.05) is 6.07 Å². The summed E-state index contributed by atoms with van der Waals surface area (Å²) in [6.45, 7) is 0. The van der Waals surface area contributed by atoms with Crippen molar-refractivity contribution in [3.05, 3.63) is 21.7 Å². The fourth-order valence-corrected chi connectivity index (χ4v) is 2.94. The van der Waals surface area contributed by atoms with Crippen molar-refractivity contribution < 1.29 is 9.47 Å². The Balaban J connectivity index is 2.65. The van der Waals surface area contributed by atoms with Crippen molar-refractivity contribution in [2.75, 3.05) is 14.2 Å². The van der Waals surface area contributed by atoms with Crippen LogP contribution in [0.15, 0.2) is 10.5 Å². The molecular weight excluding hydrogens is 270 g/mol. The Labute approximate surface area is 104 Å². The second-order valence-electron chi connectivity index (χ2n) is 3.98. The number of rotatable bonds is 2. The molecule has 0 saturated heterocycles. The summed E-state index contributed by atoms with van der Waals surface area (Å²) in [5.41, 5.74) is 8.52. The molecule has 1 aliphatic rings. The Bertz CT molecular complexity index is 406. The number of benzene rings is 1. The van der Waals surface area contributed by atoms with Crippen LogP contribution in [0.4, 0.5) is 0 Å². The normalized spacial score (nSPS) is 19.1. The van der Waals surface area contributed by atoms with E-state index < -0.39 is 0 Å². The van der Waals surface area contributed by atoms with Crippen LogP contribution in [0.2, 0.25) is 0 Å². The minimum absolute atomic E-state index is 0.0464. The molecule has 1 aromatic carbocycles. The van der Waals surface area contributed by atoms with Gasteiger partial charge < -0.3 is 15.2 Å². The third-order valence-corrected chi connectivity index (χ3v) is 3.78. The van der Waals surface area contributed by atoms with Gasteiger partial charge in [-0.05, 0) is 30.9 Å². The van der Waals surface area contributed by atoms with Gasteiger partial charge in [0, 0.05) is 16.1 Å². The van der Waals surface area contributed by atoms with E-state index in [-0.39, 0.29) is 6.04 Å². The number of hydrogen-bond donors (Lipinski definition) is 1. The van der Waals surface area contributed by atoms with Gasteiger partial charge in [0.1, 0.15) is 0 Å². The molecular formula is C12H16BrNO2. The van der Waals surface area contributed by atoms with Crippen LogP contribution in [0, 0.1) is 0 Å². The highest BCUT2D eigenvalue weighted by Gasteiger charge is 2.26. The fraction of sp³-hybridized carbons (Fsp3) is 0.500. The van der Waals surface area contributed by atoms with E-state index in [0.29, 0.717) is 0 Å². The summed E-state index contributed by atoms with van der Waals surface area (Å²) in [5.74, 6) is 1.53. The Morgan fingerprint density at radius 1 is 1.38 bits per heavy atom. The van der Waals surface area contributed by atoms with Crippen LogP contribution < -0.4 is 15.2 Å². The minimum Gasteiger partial charge on any atom is -0.493 e. The molecule has 2 rings (SSSR count). The van der Waals surface area contributed by atoms with Crippen molar-refractivity contribution in [1.29, 1.82) is 0 Å². The van der Waals surface area contributed by atoms with Gasteiger partial charge in [-0.1, -0.05) is 15.9 Å². The average molecular weight is 286 g/mol. The average Bonchev–Trinajstić information content (AvgIpc) is 2.29. The molecule has 3 nitrogen and oxygen atoms in total. The topological polar surface area (TPSA) is 44.5 Å². The van der Waals surface area contributed by atoms with Gasteiger partial charge in [0.25, 0.3) is 0 Å². The Hall–Kier alpha value is -0.740. The van der Waals surface area contributed by atoms with Gasteiger partial charge in [0.05, 0.1) is 14.2 Å². The summed E-state index contributed by atoms with van der Waals surface area (Å²) in [5, 5.41) is 0. The lowest BCUT2D eigenvalue weighted by Gasteiger charge is -2.26. The molecule has 2 N–H and O–H groups in total. The van der Waals surface area contributed by atoms with Crippen LogP contribution in [-0.4, -0.2) is 14.2 Å². The number of nitrogens with two attached hydrogens (primary N) is 1. The maximum absolute atomic E-state index is 6.16. The first-order valence-electron chi connectivity index (χ1n) is 5.37.